The van der Waals surface area contributed by atoms with Gasteiger partial charge in [0.15, 0.2) is 0 Å². The van der Waals surface area contributed by atoms with Gasteiger partial charge in [-0.15, -0.1) is 13.2 Å². The maximum absolute atomic E-state index is 12.1. The Labute approximate surface area is 98.5 Å². The molecule has 7 nitrogen and oxygen atoms in total. The number of nitro groups is 1. The summed E-state index contributed by atoms with van der Waals surface area (Å²) < 4.78 is 44.4. The fourth-order valence-electron chi connectivity index (χ4n) is 1.14. The van der Waals surface area contributed by atoms with E-state index in [1.165, 1.54) is 7.11 Å². The Hall–Kier alpha value is -2.10. The van der Waals surface area contributed by atoms with Crippen molar-refractivity contribution in [3.63, 3.8) is 0 Å². The molecule has 10 heteroatoms. The van der Waals surface area contributed by atoms with Crippen LogP contribution < -0.4 is 15.2 Å². The molecule has 0 aliphatic carbocycles. The first-order valence-electron chi connectivity index (χ1n) is 4.46. The van der Waals surface area contributed by atoms with Gasteiger partial charge in [0, 0.05) is 6.54 Å². The number of hydrogen-bond acceptors (Lipinski definition) is 6. The smallest absolute Gasteiger partial charge is 0.495 e. The van der Waals surface area contributed by atoms with Gasteiger partial charge in [0.1, 0.15) is 11.4 Å². The maximum Gasteiger partial charge on any atom is 0.574 e. The molecule has 1 heterocycles. The van der Waals surface area contributed by atoms with Crippen molar-refractivity contribution in [2.75, 3.05) is 7.11 Å². The number of alkyl halides is 3. The van der Waals surface area contributed by atoms with Gasteiger partial charge in [0.2, 0.25) is 0 Å². The molecule has 100 valence electrons. The van der Waals surface area contributed by atoms with Crippen molar-refractivity contribution in [2.24, 2.45) is 5.73 Å². The van der Waals surface area contributed by atoms with Gasteiger partial charge in [0.05, 0.1) is 18.1 Å². The van der Waals surface area contributed by atoms with Crippen LogP contribution in [0.1, 0.15) is 5.69 Å². The lowest BCUT2D eigenvalue weighted by atomic mass is 10.3. The Kier molecular flexibility index (Phi) is 3.91. The van der Waals surface area contributed by atoms with E-state index >= 15 is 0 Å². The Morgan fingerprint density at radius 3 is 2.56 bits per heavy atom. The van der Waals surface area contributed by atoms with Crippen LogP contribution in [0.4, 0.5) is 18.9 Å². The van der Waals surface area contributed by atoms with Crippen LogP contribution >= 0.6 is 0 Å². The lowest BCUT2D eigenvalue weighted by Gasteiger charge is -2.11. The SMILES string of the molecule is COc1cc([N+](=O)[O-])c(OC(F)(F)F)nc1CN. The van der Waals surface area contributed by atoms with Crippen molar-refractivity contribution in [1.82, 2.24) is 4.98 Å². The van der Waals surface area contributed by atoms with Gasteiger partial charge in [-0.1, -0.05) is 0 Å². The molecule has 0 unspecified atom stereocenters. The minimum Gasteiger partial charge on any atom is -0.495 e. The molecular formula is C8H8F3N3O4. The Balaban J connectivity index is 3.33. The monoisotopic (exact) mass is 267 g/mol. The summed E-state index contributed by atoms with van der Waals surface area (Å²) >= 11 is 0. The van der Waals surface area contributed by atoms with Gasteiger partial charge in [-0.05, 0) is 0 Å². The molecule has 0 aliphatic rings. The van der Waals surface area contributed by atoms with Crippen LogP contribution in [0.5, 0.6) is 11.6 Å². The first-order valence-corrected chi connectivity index (χ1v) is 4.46. The summed E-state index contributed by atoms with van der Waals surface area (Å²) in [5.74, 6) is -1.26. The van der Waals surface area contributed by atoms with E-state index in [0.29, 0.717) is 0 Å². The molecular weight excluding hydrogens is 259 g/mol. The third-order valence-corrected chi connectivity index (χ3v) is 1.83. The molecule has 1 aromatic rings. The van der Waals surface area contributed by atoms with Crippen LogP contribution in [0.2, 0.25) is 0 Å². The molecule has 0 saturated heterocycles. The number of nitrogens with two attached hydrogens (primary N) is 1. The van der Waals surface area contributed by atoms with E-state index in [1.54, 1.807) is 0 Å². The van der Waals surface area contributed by atoms with E-state index in [0.717, 1.165) is 6.07 Å². The van der Waals surface area contributed by atoms with Crippen LogP contribution in [-0.4, -0.2) is 23.4 Å². The van der Waals surface area contributed by atoms with E-state index < -0.39 is 22.9 Å². The average Bonchev–Trinajstić information content (AvgIpc) is 2.25. The fraction of sp³-hybridized carbons (Fsp3) is 0.375. The molecule has 0 aromatic carbocycles. The second kappa shape index (κ2) is 5.04. The minimum absolute atomic E-state index is 0.0812. The Morgan fingerprint density at radius 2 is 2.17 bits per heavy atom. The molecule has 0 saturated carbocycles. The number of ether oxygens (including phenoxy) is 2. The predicted molar refractivity (Wildman–Crippen MR) is 52.0 cm³/mol. The van der Waals surface area contributed by atoms with E-state index in [9.17, 15) is 23.3 Å². The number of aromatic nitrogens is 1. The fourth-order valence-corrected chi connectivity index (χ4v) is 1.14. The normalized spacial score (nSPS) is 11.2. The van der Waals surface area contributed by atoms with Crippen LogP contribution in [0.3, 0.4) is 0 Å². The Morgan fingerprint density at radius 1 is 1.56 bits per heavy atom. The van der Waals surface area contributed by atoms with Gasteiger partial charge >= 0.3 is 17.9 Å². The summed E-state index contributed by atoms with van der Waals surface area (Å²) in [5.41, 5.74) is 4.20. The van der Waals surface area contributed by atoms with Crippen LogP contribution in [0, 0.1) is 10.1 Å². The van der Waals surface area contributed by atoms with E-state index in [-0.39, 0.29) is 18.0 Å². The first kappa shape index (κ1) is 14.0. The number of pyridine rings is 1. The number of halogens is 3. The molecule has 0 atom stereocenters. The number of methoxy groups -OCH3 is 1. The minimum atomic E-state index is -5.09. The molecule has 0 radical (unpaired) electrons. The standard InChI is InChI=1S/C8H8F3N3O4/c1-17-6-2-5(14(15)16)7(13-4(6)3-12)18-8(9,10)11/h2H,3,12H2,1H3. The maximum atomic E-state index is 12.1. The third-order valence-electron chi connectivity index (χ3n) is 1.83. The highest BCUT2D eigenvalue weighted by molar-refractivity contribution is 5.48. The molecule has 0 bridgehead atoms. The molecule has 0 amide bonds. The molecule has 0 aliphatic heterocycles. The van der Waals surface area contributed by atoms with Crippen LogP contribution in [0.15, 0.2) is 6.07 Å². The summed E-state index contributed by atoms with van der Waals surface area (Å²) in [6, 6.07) is 0.774. The van der Waals surface area contributed by atoms with E-state index in [4.69, 9.17) is 10.5 Å². The summed E-state index contributed by atoms with van der Waals surface area (Å²) in [5, 5.41) is 10.6. The zero-order valence-electron chi connectivity index (χ0n) is 9.02. The average molecular weight is 267 g/mol. The van der Waals surface area contributed by atoms with Crippen molar-refractivity contribution in [3.8, 4) is 11.6 Å². The zero-order chi connectivity index (χ0) is 13.9. The van der Waals surface area contributed by atoms with Crippen LogP contribution in [0.25, 0.3) is 0 Å². The highest BCUT2D eigenvalue weighted by Crippen LogP contribution is 2.34. The van der Waals surface area contributed by atoms with Gasteiger partial charge < -0.3 is 15.2 Å². The largest absolute Gasteiger partial charge is 0.574 e. The summed E-state index contributed by atoms with van der Waals surface area (Å²) in [4.78, 5) is 12.9. The van der Waals surface area contributed by atoms with Gasteiger partial charge in [-0.2, -0.15) is 0 Å². The van der Waals surface area contributed by atoms with Gasteiger partial charge in [-0.25, -0.2) is 4.98 Å². The van der Waals surface area contributed by atoms with E-state index in [1.807, 2.05) is 0 Å². The predicted octanol–water partition coefficient (Wildman–Crippen LogP) is 1.36. The van der Waals surface area contributed by atoms with Gasteiger partial charge in [0.25, 0.3) is 0 Å². The summed E-state index contributed by atoms with van der Waals surface area (Å²) in [6.45, 7) is -0.255. The number of hydrogen-bond donors (Lipinski definition) is 1. The molecule has 2 N–H and O–H groups in total. The first-order chi connectivity index (χ1) is 8.28. The van der Waals surface area contributed by atoms with Crippen LogP contribution in [-0.2, 0) is 6.54 Å². The van der Waals surface area contributed by atoms with Gasteiger partial charge in [-0.3, -0.25) is 10.1 Å². The third kappa shape index (κ3) is 3.20. The van der Waals surface area contributed by atoms with Crippen molar-refractivity contribution >= 4 is 5.69 Å². The van der Waals surface area contributed by atoms with E-state index in [2.05, 4.69) is 9.72 Å². The zero-order valence-corrected chi connectivity index (χ0v) is 9.02. The lowest BCUT2D eigenvalue weighted by molar-refractivity contribution is -0.389. The van der Waals surface area contributed by atoms with Crippen molar-refractivity contribution in [1.29, 1.82) is 0 Å². The number of rotatable bonds is 4. The molecule has 1 rings (SSSR count). The quantitative estimate of drug-likeness (QED) is 0.652. The molecule has 0 spiro atoms. The topological polar surface area (TPSA) is 101 Å². The highest BCUT2D eigenvalue weighted by Gasteiger charge is 2.36. The van der Waals surface area contributed by atoms with Crippen molar-refractivity contribution in [3.05, 3.63) is 21.9 Å². The Bertz CT molecular complexity index is 464. The lowest BCUT2D eigenvalue weighted by Crippen LogP contribution is -2.19. The number of nitrogens with zero attached hydrogens (tertiary/aromatic N) is 2. The summed E-state index contributed by atoms with van der Waals surface area (Å²) in [6.07, 6.45) is -5.09. The second-order valence-corrected chi connectivity index (χ2v) is 2.97. The molecule has 18 heavy (non-hydrogen) atoms. The molecule has 1 aromatic heterocycles. The highest BCUT2D eigenvalue weighted by atomic mass is 19.4. The second-order valence-electron chi connectivity index (χ2n) is 2.97. The summed E-state index contributed by atoms with van der Waals surface area (Å²) in [7, 11) is 1.18. The molecule has 0 fully saturated rings. The van der Waals surface area contributed by atoms with Crippen molar-refractivity contribution < 1.29 is 27.6 Å². The van der Waals surface area contributed by atoms with Crippen molar-refractivity contribution in [2.45, 2.75) is 12.9 Å².